The van der Waals surface area contributed by atoms with Crippen LogP contribution in [0, 0.1) is 5.92 Å². The number of aromatic nitrogens is 1. The van der Waals surface area contributed by atoms with Crippen LogP contribution in [0.4, 0.5) is 0 Å². The number of pyridine rings is 1. The van der Waals surface area contributed by atoms with Crippen molar-refractivity contribution in [1.29, 1.82) is 0 Å². The Hall–Kier alpha value is -1.47. The smallest absolute Gasteiger partial charge is 0.244 e. The van der Waals surface area contributed by atoms with Crippen LogP contribution in [0.3, 0.4) is 0 Å². The van der Waals surface area contributed by atoms with Crippen LogP contribution in [0.5, 0.6) is 0 Å². The van der Waals surface area contributed by atoms with Gasteiger partial charge in [-0.25, -0.2) is 8.42 Å². The predicted molar refractivity (Wildman–Crippen MR) is 72.3 cm³/mol. The van der Waals surface area contributed by atoms with Crippen molar-refractivity contribution >= 4 is 15.9 Å². The summed E-state index contributed by atoms with van der Waals surface area (Å²) in [6, 6.07) is 3.11. The molecule has 108 valence electrons. The highest BCUT2D eigenvalue weighted by Gasteiger charge is 2.40. The lowest BCUT2D eigenvalue weighted by Gasteiger charge is -2.16. The van der Waals surface area contributed by atoms with Gasteiger partial charge in [-0.05, 0) is 30.9 Å². The molecule has 1 aromatic rings. The Morgan fingerprint density at radius 1 is 1.35 bits per heavy atom. The van der Waals surface area contributed by atoms with E-state index < -0.39 is 10.0 Å². The highest BCUT2D eigenvalue weighted by Crippen LogP contribution is 2.29. The number of rotatable bonds is 2. The maximum atomic E-state index is 12.5. The van der Waals surface area contributed by atoms with Crippen LogP contribution in [-0.2, 0) is 14.8 Å². The molecule has 7 heteroatoms. The fraction of sp³-hybridized carbons (Fsp3) is 0.538. The van der Waals surface area contributed by atoms with E-state index >= 15 is 0 Å². The van der Waals surface area contributed by atoms with Crippen LogP contribution < -0.4 is 5.32 Å². The molecule has 0 aromatic carbocycles. The van der Waals surface area contributed by atoms with E-state index in [4.69, 9.17) is 0 Å². The van der Waals surface area contributed by atoms with Gasteiger partial charge in [-0.3, -0.25) is 9.78 Å². The molecule has 0 spiro atoms. The van der Waals surface area contributed by atoms with E-state index in [2.05, 4.69) is 10.3 Å². The van der Waals surface area contributed by atoms with E-state index in [0.29, 0.717) is 19.5 Å². The molecule has 20 heavy (non-hydrogen) atoms. The normalized spacial score (nSPS) is 27.7. The average Bonchev–Trinajstić information content (AvgIpc) is 2.76. The van der Waals surface area contributed by atoms with Crippen LogP contribution in [0.1, 0.15) is 19.3 Å². The van der Waals surface area contributed by atoms with Gasteiger partial charge >= 0.3 is 0 Å². The SMILES string of the molecule is O=C1CCCC2CN(S(=O)(=O)c3cccnc3)CC2N1. The molecule has 0 bridgehead atoms. The van der Waals surface area contributed by atoms with Gasteiger partial charge in [0, 0.05) is 37.9 Å². The van der Waals surface area contributed by atoms with Crippen molar-refractivity contribution in [3.8, 4) is 0 Å². The number of sulfonamides is 1. The molecule has 1 aromatic heterocycles. The van der Waals surface area contributed by atoms with Crippen LogP contribution in [0.25, 0.3) is 0 Å². The van der Waals surface area contributed by atoms with Crippen molar-refractivity contribution in [2.45, 2.75) is 30.2 Å². The summed E-state index contributed by atoms with van der Waals surface area (Å²) in [5, 5.41) is 2.93. The molecule has 2 aliphatic heterocycles. The van der Waals surface area contributed by atoms with Gasteiger partial charge in [0.05, 0.1) is 0 Å². The summed E-state index contributed by atoms with van der Waals surface area (Å²) in [7, 11) is -3.51. The molecule has 3 rings (SSSR count). The molecule has 3 heterocycles. The van der Waals surface area contributed by atoms with E-state index in [9.17, 15) is 13.2 Å². The monoisotopic (exact) mass is 295 g/mol. The molecular formula is C13H17N3O3S. The Morgan fingerprint density at radius 2 is 2.20 bits per heavy atom. The molecule has 2 atom stereocenters. The molecule has 2 aliphatic rings. The third-order valence-corrected chi connectivity index (χ3v) is 5.82. The van der Waals surface area contributed by atoms with E-state index in [0.717, 1.165) is 12.8 Å². The Balaban J connectivity index is 1.82. The fourth-order valence-corrected chi connectivity index (χ4v) is 4.42. The Bertz CT molecular complexity index is 603. The van der Waals surface area contributed by atoms with Crippen molar-refractivity contribution in [3.63, 3.8) is 0 Å². The number of carbonyl (C=O) groups excluding carboxylic acids is 1. The van der Waals surface area contributed by atoms with Gasteiger partial charge in [-0.1, -0.05) is 0 Å². The van der Waals surface area contributed by atoms with Crippen LogP contribution in [-0.4, -0.2) is 42.7 Å². The zero-order chi connectivity index (χ0) is 14.2. The number of carbonyl (C=O) groups is 1. The van der Waals surface area contributed by atoms with E-state index in [1.807, 2.05) is 0 Å². The van der Waals surface area contributed by atoms with E-state index in [-0.39, 0.29) is 22.8 Å². The maximum Gasteiger partial charge on any atom is 0.244 e. The molecule has 2 fully saturated rings. The molecule has 6 nitrogen and oxygen atoms in total. The number of hydrogen-bond donors (Lipinski definition) is 1. The third-order valence-electron chi connectivity index (χ3n) is 4.00. The summed E-state index contributed by atoms with van der Waals surface area (Å²) in [4.78, 5) is 15.6. The Kier molecular flexibility index (Phi) is 3.47. The molecule has 1 amide bonds. The second-order valence-electron chi connectivity index (χ2n) is 5.34. The summed E-state index contributed by atoms with van der Waals surface area (Å²) < 4.78 is 26.5. The number of nitrogens with one attached hydrogen (secondary N) is 1. The fourth-order valence-electron chi connectivity index (χ4n) is 2.94. The molecule has 0 radical (unpaired) electrons. The van der Waals surface area contributed by atoms with Crippen molar-refractivity contribution < 1.29 is 13.2 Å². The number of hydrogen-bond acceptors (Lipinski definition) is 4. The largest absolute Gasteiger partial charge is 0.352 e. The van der Waals surface area contributed by atoms with Gasteiger partial charge in [-0.15, -0.1) is 0 Å². The van der Waals surface area contributed by atoms with Gasteiger partial charge in [-0.2, -0.15) is 4.31 Å². The van der Waals surface area contributed by atoms with E-state index in [1.54, 1.807) is 18.3 Å². The highest BCUT2D eigenvalue weighted by molar-refractivity contribution is 7.89. The van der Waals surface area contributed by atoms with Gasteiger partial charge in [0.1, 0.15) is 4.90 Å². The van der Waals surface area contributed by atoms with Crippen molar-refractivity contribution in [2.24, 2.45) is 5.92 Å². The molecular weight excluding hydrogens is 278 g/mol. The molecule has 2 saturated heterocycles. The predicted octanol–water partition coefficient (Wildman–Crippen LogP) is 0.371. The van der Waals surface area contributed by atoms with Crippen molar-refractivity contribution in [1.82, 2.24) is 14.6 Å². The summed E-state index contributed by atoms with van der Waals surface area (Å²) in [6.07, 6.45) is 5.17. The standard InChI is InChI=1S/C13H17N3O3S/c17-13-5-1-3-10-8-16(9-12(10)15-13)20(18,19)11-4-2-6-14-7-11/h2,4,6-7,10,12H,1,3,5,8-9H2,(H,15,17). The maximum absolute atomic E-state index is 12.5. The minimum absolute atomic E-state index is 0.0260. The Morgan fingerprint density at radius 3 is 2.95 bits per heavy atom. The molecule has 2 unspecified atom stereocenters. The second kappa shape index (κ2) is 5.14. The lowest BCUT2D eigenvalue weighted by Crippen LogP contribution is -2.39. The van der Waals surface area contributed by atoms with Gasteiger partial charge in [0.25, 0.3) is 0 Å². The summed E-state index contributed by atoms with van der Waals surface area (Å²) >= 11 is 0. The lowest BCUT2D eigenvalue weighted by molar-refractivity contribution is -0.121. The van der Waals surface area contributed by atoms with Gasteiger partial charge in [0.2, 0.25) is 15.9 Å². The minimum Gasteiger partial charge on any atom is -0.352 e. The average molecular weight is 295 g/mol. The first-order chi connectivity index (χ1) is 9.57. The highest BCUT2D eigenvalue weighted by atomic mass is 32.2. The van der Waals surface area contributed by atoms with E-state index in [1.165, 1.54) is 10.5 Å². The zero-order valence-electron chi connectivity index (χ0n) is 11.0. The number of nitrogens with zero attached hydrogens (tertiary/aromatic N) is 2. The third kappa shape index (κ3) is 2.43. The van der Waals surface area contributed by atoms with Crippen LogP contribution in [0.15, 0.2) is 29.4 Å². The van der Waals surface area contributed by atoms with Gasteiger partial charge in [0.15, 0.2) is 0 Å². The summed E-state index contributed by atoms with van der Waals surface area (Å²) in [5.41, 5.74) is 0. The minimum atomic E-state index is -3.51. The first-order valence-electron chi connectivity index (χ1n) is 6.77. The molecule has 0 saturated carbocycles. The zero-order valence-corrected chi connectivity index (χ0v) is 11.8. The lowest BCUT2D eigenvalue weighted by atomic mass is 9.99. The molecule has 1 N–H and O–H groups in total. The van der Waals surface area contributed by atoms with Crippen molar-refractivity contribution in [2.75, 3.05) is 13.1 Å². The quantitative estimate of drug-likeness (QED) is 0.855. The Labute approximate surface area is 118 Å². The summed E-state index contributed by atoms with van der Waals surface area (Å²) in [6.45, 7) is 0.829. The summed E-state index contributed by atoms with van der Waals surface area (Å²) in [5.74, 6) is 0.242. The van der Waals surface area contributed by atoms with Crippen molar-refractivity contribution in [3.05, 3.63) is 24.5 Å². The molecule has 0 aliphatic carbocycles. The number of fused-ring (bicyclic) bond motifs is 1. The topological polar surface area (TPSA) is 79.4 Å². The first-order valence-corrected chi connectivity index (χ1v) is 8.21. The van der Waals surface area contributed by atoms with Crippen LogP contribution >= 0.6 is 0 Å². The van der Waals surface area contributed by atoms with Crippen LogP contribution in [0.2, 0.25) is 0 Å². The number of amides is 1. The second-order valence-corrected chi connectivity index (χ2v) is 7.27. The van der Waals surface area contributed by atoms with Gasteiger partial charge < -0.3 is 5.32 Å². The first kappa shape index (κ1) is 13.5.